The standard InChI is InChI=1S/C15H17F2N3OS/c1-18-15(21)10-8-22-13-9(14(16)17)7-11(19-12(10)13)20-5-3-2-4-6-20/h7-8,14H,2-6H2,1H3,(H,18,21). The maximum atomic E-state index is 13.4. The summed E-state index contributed by atoms with van der Waals surface area (Å²) in [5.74, 6) is 0.251. The Kier molecular flexibility index (Phi) is 4.24. The number of amides is 1. The summed E-state index contributed by atoms with van der Waals surface area (Å²) in [6, 6.07) is 1.47. The number of rotatable bonds is 3. The monoisotopic (exact) mass is 325 g/mol. The van der Waals surface area contributed by atoms with Gasteiger partial charge in [-0.3, -0.25) is 4.79 Å². The van der Waals surface area contributed by atoms with Crippen molar-refractivity contribution in [3.8, 4) is 0 Å². The predicted octanol–water partition coefficient (Wildman–Crippen LogP) is 3.58. The van der Waals surface area contributed by atoms with E-state index in [4.69, 9.17) is 0 Å². The van der Waals surface area contributed by atoms with Crippen LogP contribution < -0.4 is 10.2 Å². The van der Waals surface area contributed by atoms with E-state index in [0.717, 1.165) is 43.7 Å². The number of piperidine rings is 1. The lowest BCUT2D eigenvalue weighted by Crippen LogP contribution is -2.30. The van der Waals surface area contributed by atoms with E-state index < -0.39 is 6.43 Å². The zero-order chi connectivity index (χ0) is 15.7. The Labute approximate surface area is 131 Å². The van der Waals surface area contributed by atoms with E-state index in [1.54, 1.807) is 5.38 Å². The summed E-state index contributed by atoms with van der Waals surface area (Å²) >= 11 is 1.15. The van der Waals surface area contributed by atoms with Gasteiger partial charge in [-0.05, 0) is 25.3 Å². The summed E-state index contributed by atoms with van der Waals surface area (Å²) < 4.78 is 27.2. The van der Waals surface area contributed by atoms with Gasteiger partial charge < -0.3 is 10.2 Å². The molecule has 4 nitrogen and oxygen atoms in total. The van der Waals surface area contributed by atoms with Crippen LogP contribution in [-0.4, -0.2) is 31.0 Å². The van der Waals surface area contributed by atoms with Gasteiger partial charge in [0, 0.05) is 31.1 Å². The van der Waals surface area contributed by atoms with E-state index in [1.807, 2.05) is 4.90 Å². The maximum Gasteiger partial charge on any atom is 0.265 e. The molecule has 1 N–H and O–H groups in total. The molecule has 3 heterocycles. The van der Waals surface area contributed by atoms with Crippen LogP contribution in [-0.2, 0) is 0 Å². The van der Waals surface area contributed by atoms with Crippen molar-refractivity contribution in [1.29, 1.82) is 0 Å². The molecule has 0 aliphatic carbocycles. The number of carbonyl (C=O) groups is 1. The molecule has 2 aromatic heterocycles. The molecule has 22 heavy (non-hydrogen) atoms. The molecule has 0 atom stereocenters. The third-order valence-electron chi connectivity index (χ3n) is 3.92. The van der Waals surface area contributed by atoms with Gasteiger partial charge in [-0.25, -0.2) is 13.8 Å². The van der Waals surface area contributed by atoms with Crippen LogP contribution in [0.25, 0.3) is 10.2 Å². The fourth-order valence-corrected chi connectivity index (χ4v) is 3.77. The van der Waals surface area contributed by atoms with Crippen LogP contribution in [0.3, 0.4) is 0 Å². The SMILES string of the molecule is CNC(=O)c1csc2c(C(F)F)cc(N3CCCCC3)nc12. The summed E-state index contributed by atoms with van der Waals surface area (Å²) in [5.41, 5.74) is 0.705. The molecule has 3 rings (SSSR count). The number of halogens is 2. The second-order valence-electron chi connectivity index (χ2n) is 5.32. The molecule has 0 aromatic carbocycles. The minimum Gasteiger partial charge on any atom is -0.357 e. The first-order valence-corrected chi connectivity index (χ1v) is 8.17. The minimum atomic E-state index is -2.58. The van der Waals surface area contributed by atoms with E-state index in [1.165, 1.54) is 13.1 Å². The van der Waals surface area contributed by atoms with Gasteiger partial charge in [0.25, 0.3) is 12.3 Å². The van der Waals surface area contributed by atoms with Crippen LogP contribution in [0.1, 0.15) is 41.6 Å². The number of aromatic nitrogens is 1. The van der Waals surface area contributed by atoms with Gasteiger partial charge in [0.1, 0.15) is 5.82 Å². The molecule has 0 unspecified atom stereocenters. The third kappa shape index (κ3) is 2.65. The Morgan fingerprint density at radius 3 is 2.73 bits per heavy atom. The molecule has 1 aliphatic rings. The second-order valence-corrected chi connectivity index (χ2v) is 6.20. The molecule has 2 aromatic rings. The van der Waals surface area contributed by atoms with Crippen molar-refractivity contribution >= 4 is 33.3 Å². The van der Waals surface area contributed by atoms with E-state index in [2.05, 4.69) is 10.3 Å². The highest BCUT2D eigenvalue weighted by atomic mass is 32.1. The van der Waals surface area contributed by atoms with E-state index in [0.29, 0.717) is 21.6 Å². The average molecular weight is 325 g/mol. The Balaban J connectivity index is 2.14. The molecule has 0 spiro atoms. The first-order chi connectivity index (χ1) is 10.6. The number of hydrogen-bond donors (Lipinski definition) is 1. The number of carbonyl (C=O) groups excluding carboxylic acids is 1. The van der Waals surface area contributed by atoms with Crippen LogP contribution in [0.2, 0.25) is 0 Å². The molecule has 1 amide bonds. The molecular formula is C15H17F2N3OS. The van der Waals surface area contributed by atoms with Crippen molar-refractivity contribution in [3.05, 3.63) is 22.6 Å². The van der Waals surface area contributed by atoms with Gasteiger partial charge in [0.15, 0.2) is 0 Å². The Hall–Kier alpha value is -1.76. The molecule has 0 bridgehead atoms. The highest BCUT2D eigenvalue weighted by Crippen LogP contribution is 2.36. The van der Waals surface area contributed by atoms with Gasteiger partial charge >= 0.3 is 0 Å². The van der Waals surface area contributed by atoms with Crippen LogP contribution in [0.15, 0.2) is 11.4 Å². The number of pyridine rings is 1. The first kappa shape index (κ1) is 15.1. The van der Waals surface area contributed by atoms with Crippen LogP contribution >= 0.6 is 11.3 Å². The van der Waals surface area contributed by atoms with Gasteiger partial charge in [-0.15, -0.1) is 11.3 Å². The van der Waals surface area contributed by atoms with Crippen LogP contribution in [0.4, 0.5) is 14.6 Å². The Morgan fingerprint density at radius 1 is 1.36 bits per heavy atom. The molecular weight excluding hydrogens is 308 g/mol. The summed E-state index contributed by atoms with van der Waals surface area (Å²) in [6.45, 7) is 1.64. The largest absolute Gasteiger partial charge is 0.357 e. The van der Waals surface area contributed by atoms with Crippen LogP contribution in [0.5, 0.6) is 0 Å². The van der Waals surface area contributed by atoms with Crippen molar-refractivity contribution in [2.45, 2.75) is 25.7 Å². The van der Waals surface area contributed by atoms with Gasteiger partial charge in [0.05, 0.1) is 15.8 Å². The van der Waals surface area contributed by atoms with Crippen molar-refractivity contribution in [2.24, 2.45) is 0 Å². The van der Waals surface area contributed by atoms with E-state index in [-0.39, 0.29) is 11.5 Å². The highest BCUT2D eigenvalue weighted by Gasteiger charge is 2.23. The van der Waals surface area contributed by atoms with E-state index >= 15 is 0 Å². The lowest BCUT2D eigenvalue weighted by molar-refractivity contribution is 0.0965. The Morgan fingerprint density at radius 2 is 2.09 bits per heavy atom. The lowest BCUT2D eigenvalue weighted by Gasteiger charge is -2.28. The second kappa shape index (κ2) is 6.16. The predicted molar refractivity (Wildman–Crippen MR) is 84.0 cm³/mol. The zero-order valence-electron chi connectivity index (χ0n) is 12.2. The normalized spacial score (nSPS) is 15.5. The number of fused-ring (bicyclic) bond motifs is 1. The smallest absolute Gasteiger partial charge is 0.265 e. The lowest BCUT2D eigenvalue weighted by atomic mass is 10.1. The summed E-state index contributed by atoms with van der Waals surface area (Å²) in [7, 11) is 1.52. The fourth-order valence-electron chi connectivity index (χ4n) is 2.76. The molecule has 0 radical (unpaired) electrons. The summed E-state index contributed by atoms with van der Waals surface area (Å²) in [5, 5.41) is 4.13. The zero-order valence-corrected chi connectivity index (χ0v) is 13.1. The molecule has 1 saturated heterocycles. The Bertz CT molecular complexity index is 695. The maximum absolute atomic E-state index is 13.4. The summed E-state index contributed by atoms with van der Waals surface area (Å²) in [6.07, 6.45) is 0.651. The van der Waals surface area contributed by atoms with Gasteiger partial charge in [-0.2, -0.15) is 0 Å². The fraction of sp³-hybridized carbons (Fsp3) is 0.467. The van der Waals surface area contributed by atoms with E-state index in [9.17, 15) is 13.6 Å². The number of thiophene rings is 1. The number of nitrogens with zero attached hydrogens (tertiary/aromatic N) is 2. The van der Waals surface area contributed by atoms with Gasteiger partial charge in [-0.1, -0.05) is 0 Å². The quantitative estimate of drug-likeness (QED) is 0.938. The first-order valence-electron chi connectivity index (χ1n) is 7.29. The van der Waals surface area contributed by atoms with Crippen molar-refractivity contribution in [3.63, 3.8) is 0 Å². The summed E-state index contributed by atoms with van der Waals surface area (Å²) in [4.78, 5) is 18.5. The third-order valence-corrected chi connectivity index (χ3v) is 4.94. The van der Waals surface area contributed by atoms with Crippen LogP contribution in [0, 0.1) is 0 Å². The van der Waals surface area contributed by atoms with Crippen molar-refractivity contribution < 1.29 is 13.6 Å². The van der Waals surface area contributed by atoms with Crippen molar-refractivity contribution in [2.75, 3.05) is 25.0 Å². The minimum absolute atomic E-state index is 0.0364. The molecule has 1 aliphatic heterocycles. The average Bonchev–Trinajstić information content (AvgIpc) is 2.97. The molecule has 0 saturated carbocycles. The number of hydrogen-bond acceptors (Lipinski definition) is 4. The number of anilines is 1. The van der Waals surface area contributed by atoms with Gasteiger partial charge in [0.2, 0.25) is 0 Å². The molecule has 7 heteroatoms. The molecule has 1 fully saturated rings. The highest BCUT2D eigenvalue weighted by molar-refractivity contribution is 7.17. The number of nitrogens with one attached hydrogen (secondary N) is 1. The van der Waals surface area contributed by atoms with Crippen molar-refractivity contribution in [1.82, 2.24) is 10.3 Å². The topological polar surface area (TPSA) is 45.2 Å². The molecule has 118 valence electrons. The number of alkyl halides is 2.